The van der Waals surface area contributed by atoms with Crippen LogP contribution in [0.25, 0.3) is 0 Å². The van der Waals surface area contributed by atoms with E-state index in [1.807, 2.05) is 7.05 Å². The third-order valence-corrected chi connectivity index (χ3v) is 2.51. The molecule has 0 saturated heterocycles. The van der Waals surface area contributed by atoms with E-state index in [9.17, 15) is 14.9 Å². The van der Waals surface area contributed by atoms with E-state index in [1.165, 1.54) is 17.1 Å². The fourth-order valence-electron chi connectivity index (χ4n) is 1.37. The summed E-state index contributed by atoms with van der Waals surface area (Å²) in [6.07, 6.45) is 2.77. The van der Waals surface area contributed by atoms with Crippen LogP contribution in [0.1, 0.15) is 6.42 Å². The fraction of sp³-hybridized carbons (Fsp3) is 0.600. The van der Waals surface area contributed by atoms with E-state index in [4.69, 9.17) is 0 Å². The zero-order valence-corrected chi connectivity index (χ0v) is 10.5. The second kappa shape index (κ2) is 6.70. The van der Waals surface area contributed by atoms with Crippen molar-refractivity contribution in [2.24, 2.45) is 0 Å². The third-order valence-electron chi connectivity index (χ3n) is 2.51. The Bertz CT molecular complexity index is 417. The van der Waals surface area contributed by atoms with Gasteiger partial charge in [-0.15, -0.1) is 0 Å². The van der Waals surface area contributed by atoms with E-state index < -0.39 is 4.92 Å². The summed E-state index contributed by atoms with van der Waals surface area (Å²) in [4.78, 5) is 23.2. The number of hydrogen-bond donors (Lipinski definition) is 1. The second-order valence-corrected chi connectivity index (χ2v) is 3.89. The fourth-order valence-corrected chi connectivity index (χ4v) is 1.37. The van der Waals surface area contributed by atoms with Gasteiger partial charge in [-0.3, -0.25) is 19.6 Å². The molecule has 0 unspecified atom stereocenters. The van der Waals surface area contributed by atoms with Crippen LogP contribution >= 0.6 is 0 Å². The Kier molecular flexibility index (Phi) is 5.25. The van der Waals surface area contributed by atoms with Gasteiger partial charge in [-0.1, -0.05) is 0 Å². The summed E-state index contributed by atoms with van der Waals surface area (Å²) in [5.74, 6) is -0.0107. The average Bonchev–Trinajstić information content (AvgIpc) is 2.81. The normalized spacial score (nSPS) is 10.3. The lowest BCUT2D eigenvalue weighted by Crippen LogP contribution is -2.33. The van der Waals surface area contributed by atoms with E-state index in [1.54, 1.807) is 11.9 Å². The molecule has 0 aliphatic rings. The summed E-state index contributed by atoms with van der Waals surface area (Å²) >= 11 is 0. The number of carbonyl (C=O) groups excluding carboxylic acids is 1. The first-order chi connectivity index (χ1) is 8.54. The average molecular weight is 255 g/mol. The molecule has 0 atom stereocenters. The largest absolute Gasteiger partial charge is 0.344 e. The summed E-state index contributed by atoms with van der Waals surface area (Å²) in [5.41, 5.74) is -0.0639. The van der Waals surface area contributed by atoms with E-state index in [0.29, 0.717) is 13.1 Å². The van der Waals surface area contributed by atoms with Gasteiger partial charge >= 0.3 is 5.69 Å². The van der Waals surface area contributed by atoms with Gasteiger partial charge in [0.15, 0.2) is 0 Å². The maximum Gasteiger partial charge on any atom is 0.306 e. The highest BCUT2D eigenvalue weighted by molar-refractivity contribution is 5.75. The van der Waals surface area contributed by atoms with E-state index in [2.05, 4.69) is 10.4 Å². The predicted molar refractivity (Wildman–Crippen MR) is 65.1 cm³/mol. The van der Waals surface area contributed by atoms with Gasteiger partial charge in [0.05, 0.1) is 4.92 Å². The molecule has 18 heavy (non-hydrogen) atoms. The van der Waals surface area contributed by atoms with Crippen LogP contribution in [0.4, 0.5) is 5.69 Å². The number of aromatic nitrogens is 2. The number of amides is 1. The van der Waals surface area contributed by atoms with Gasteiger partial charge in [-0.2, -0.15) is 5.10 Å². The lowest BCUT2D eigenvalue weighted by atomic mass is 10.3. The molecule has 1 N–H and O–H groups in total. The van der Waals surface area contributed by atoms with Crippen LogP contribution in [-0.2, 0) is 11.3 Å². The molecule has 1 aromatic rings. The number of nitrogens with zero attached hydrogens (tertiary/aromatic N) is 4. The predicted octanol–water partition coefficient (Wildman–Crippen LogP) is -0.141. The van der Waals surface area contributed by atoms with E-state index in [0.717, 1.165) is 6.54 Å². The Morgan fingerprint density at radius 1 is 1.67 bits per heavy atom. The van der Waals surface area contributed by atoms with E-state index >= 15 is 0 Å². The van der Waals surface area contributed by atoms with Gasteiger partial charge in [0.2, 0.25) is 5.91 Å². The summed E-state index contributed by atoms with van der Waals surface area (Å²) in [6.45, 7) is 1.71. The molecule has 100 valence electrons. The van der Waals surface area contributed by atoms with Gasteiger partial charge in [0.1, 0.15) is 12.4 Å². The highest BCUT2D eigenvalue weighted by Crippen LogP contribution is 2.08. The molecule has 1 rings (SSSR count). The minimum absolute atomic E-state index is 0.0107. The molecule has 1 heterocycles. The SMILES string of the molecule is CNCCN(C)C(=O)CCn1cc([N+](=O)[O-])cn1. The van der Waals surface area contributed by atoms with Gasteiger partial charge in [-0.25, -0.2) is 0 Å². The van der Waals surface area contributed by atoms with Crippen molar-refractivity contribution >= 4 is 11.6 Å². The van der Waals surface area contributed by atoms with Crippen LogP contribution in [0.15, 0.2) is 12.4 Å². The second-order valence-electron chi connectivity index (χ2n) is 3.89. The first-order valence-electron chi connectivity index (χ1n) is 5.60. The zero-order valence-electron chi connectivity index (χ0n) is 10.5. The van der Waals surface area contributed by atoms with Gasteiger partial charge in [-0.05, 0) is 7.05 Å². The highest BCUT2D eigenvalue weighted by atomic mass is 16.6. The maximum absolute atomic E-state index is 11.7. The molecule has 0 spiro atoms. The Morgan fingerprint density at radius 2 is 2.39 bits per heavy atom. The Hall–Kier alpha value is -1.96. The molecule has 0 fully saturated rings. The van der Waals surface area contributed by atoms with Crippen molar-refractivity contribution in [3.63, 3.8) is 0 Å². The van der Waals surface area contributed by atoms with Crippen molar-refractivity contribution in [3.8, 4) is 0 Å². The van der Waals surface area contributed by atoms with Crippen molar-refractivity contribution in [1.82, 2.24) is 20.0 Å². The first kappa shape index (κ1) is 14.1. The van der Waals surface area contributed by atoms with Crippen molar-refractivity contribution in [3.05, 3.63) is 22.5 Å². The lowest BCUT2D eigenvalue weighted by Gasteiger charge is -2.16. The molecule has 1 amide bonds. The number of nitro groups is 1. The quantitative estimate of drug-likeness (QED) is 0.540. The standard InChI is InChI=1S/C10H17N5O3/c1-11-4-6-13(2)10(16)3-5-14-8-9(7-12-14)15(17)18/h7-8,11H,3-6H2,1-2H3. The Labute approximate surface area is 105 Å². The van der Waals surface area contributed by atoms with Gasteiger partial charge < -0.3 is 10.2 Å². The zero-order chi connectivity index (χ0) is 13.5. The summed E-state index contributed by atoms with van der Waals surface area (Å²) in [7, 11) is 3.55. The number of hydrogen-bond acceptors (Lipinski definition) is 5. The van der Waals surface area contributed by atoms with Gasteiger partial charge in [0, 0.05) is 33.1 Å². The molecular formula is C10H17N5O3. The number of nitrogens with one attached hydrogen (secondary N) is 1. The van der Waals surface area contributed by atoms with Gasteiger partial charge in [0.25, 0.3) is 0 Å². The molecule has 0 aromatic carbocycles. The number of aryl methyl sites for hydroxylation is 1. The molecule has 0 aliphatic heterocycles. The monoisotopic (exact) mass is 255 g/mol. The minimum Gasteiger partial charge on any atom is -0.344 e. The summed E-state index contributed by atoms with van der Waals surface area (Å²) < 4.78 is 1.40. The van der Waals surface area contributed by atoms with Crippen LogP contribution in [-0.4, -0.2) is 52.7 Å². The summed E-state index contributed by atoms with van der Waals surface area (Å²) in [6, 6.07) is 0. The molecule has 0 bridgehead atoms. The van der Waals surface area contributed by atoms with Crippen LogP contribution < -0.4 is 5.32 Å². The Morgan fingerprint density at radius 3 is 2.94 bits per heavy atom. The van der Waals surface area contributed by atoms with Crippen LogP contribution in [0.3, 0.4) is 0 Å². The molecule has 0 aliphatic carbocycles. The highest BCUT2D eigenvalue weighted by Gasteiger charge is 2.11. The first-order valence-corrected chi connectivity index (χ1v) is 5.60. The van der Waals surface area contributed by atoms with Crippen molar-refractivity contribution in [2.75, 3.05) is 27.2 Å². The smallest absolute Gasteiger partial charge is 0.306 e. The van der Waals surface area contributed by atoms with Crippen LogP contribution in [0.2, 0.25) is 0 Å². The molecule has 8 nitrogen and oxygen atoms in total. The van der Waals surface area contributed by atoms with E-state index in [-0.39, 0.29) is 18.0 Å². The maximum atomic E-state index is 11.7. The van der Waals surface area contributed by atoms with Crippen molar-refractivity contribution < 1.29 is 9.72 Å². The van der Waals surface area contributed by atoms with Crippen LogP contribution in [0, 0.1) is 10.1 Å². The molecule has 0 radical (unpaired) electrons. The Balaban J connectivity index is 2.39. The molecule has 1 aromatic heterocycles. The topological polar surface area (TPSA) is 93.3 Å². The minimum atomic E-state index is -0.510. The number of carbonyl (C=O) groups is 1. The third kappa shape index (κ3) is 4.13. The molecule has 8 heteroatoms. The summed E-state index contributed by atoms with van der Waals surface area (Å²) in [5, 5.41) is 17.2. The number of likely N-dealkylation sites (N-methyl/N-ethyl adjacent to an activating group) is 2. The molecule has 0 saturated carbocycles. The van der Waals surface area contributed by atoms with Crippen molar-refractivity contribution in [1.29, 1.82) is 0 Å². The lowest BCUT2D eigenvalue weighted by molar-refractivity contribution is -0.385. The number of rotatable bonds is 7. The van der Waals surface area contributed by atoms with Crippen LogP contribution in [0.5, 0.6) is 0 Å². The molecular weight excluding hydrogens is 238 g/mol. The van der Waals surface area contributed by atoms with Crippen molar-refractivity contribution in [2.45, 2.75) is 13.0 Å².